The van der Waals surface area contributed by atoms with Crippen LogP contribution in [0.1, 0.15) is 17.9 Å². The lowest BCUT2D eigenvalue weighted by atomic mass is 10.3. The van der Waals surface area contributed by atoms with Crippen LogP contribution in [0.3, 0.4) is 0 Å². The minimum Gasteiger partial charge on any atom is -0.373 e. The molecule has 0 aliphatic carbocycles. The van der Waals surface area contributed by atoms with E-state index in [1.165, 1.54) is 4.88 Å². The Balaban J connectivity index is 2.67. The van der Waals surface area contributed by atoms with Gasteiger partial charge in [0, 0.05) is 16.0 Å². The van der Waals surface area contributed by atoms with Crippen LogP contribution in [0.2, 0.25) is 0 Å². The van der Waals surface area contributed by atoms with Gasteiger partial charge in [-0.3, -0.25) is 0 Å². The zero-order chi connectivity index (χ0) is 8.27. The van der Waals surface area contributed by atoms with Crippen molar-refractivity contribution in [1.29, 1.82) is 0 Å². The van der Waals surface area contributed by atoms with Crippen molar-refractivity contribution in [1.82, 2.24) is 0 Å². The first-order valence-electron chi connectivity index (χ1n) is 3.39. The molecular weight excluding hydrogens is 224 g/mol. The van der Waals surface area contributed by atoms with Crippen molar-refractivity contribution in [3.63, 3.8) is 0 Å². The molecule has 0 aliphatic rings. The molecule has 0 bridgehead atoms. The fourth-order valence-electron chi connectivity index (χ4n) is 0.848. The van der Waals surface area contributed by atoms with Crippen LogP contribution < -0.4 is 0 Å². The minimum atomic E-state index is 0.155. The third-order valence-electron chi connectivity index (χ3n) is 1.38. The second-order valence-corrected chi connectivity index (χ2v) is 3.95. The van der Waals surface area contributed by atoms with Crippen LogP contribution >= 0.6 is 27.3 Å². The summed E-state index contributed by atoms with van der Waals surface area (Å²) in [4.78, 5) is 1.23. The summed E-state index contributed by atoms with van der Waals surface area (Å²) in [5.41, 5.74) is 0. The smallest absolute Gasteiger partial charge is 0.0900 e. The van der Waals surface area contributed by atoms with Gasteiger partial charge in [0.25, 0.3) is 0 Å². The molecule has 0 unspecified atom stereocenters. The van der Waals surface area contributed by atoms with Crippen molar-refractivity contribution in [2.75, 3.05) is 6.61 Å². The molecule has 1 nitrogen and oxygen atoms in total. The Morgan fingerprint density at radius 3 is 3.00 bits per heavy atom. The predicted octanol–water partition coefficient (Wildman–Crippen LogP) is 3.42. The average molecular weight is 234 g/mol. The third kappa shape index (κ3) is 2.29. The Kier molecular flexibility index (Phi) is 3.55. The van der Waals surface area contributed by atoms with Crippen molar-refractivity contribution >= 4 is 27.3 Å². The van der Waals surface area contributed by atoms with Crippen LogP contribution in [0.5, 0.6) is 0 Å². The molecule has 0 aliphatic heterocycles. The van der Waals surface area contributed by atoms with E-state index in [1.54, 1.807) is 11.3 Å². The third-order valence-corrected chi connectivity index (χ3v) is 3.41. The normalized spacial score (nSPS) is 13.4. The van der Waals surface area contributed by atoms with Crippen LogP contribution in [-0.4, -0.2) is 6.61 Å². The van der Waals surface area contributed by atoms with Gasteiger partial charge in [-0.25, -0.2) is 0 Å². The number of rotatable bonds is 3. The van der Waals surface area contributed by atoms with E-state index in [2.05, 4.69) is 22.9 Å². The summed E-state index contributed by atoms with van der Waals surface area (Å²) in [7, 11) is 0. The Morgan fingerprint density at radius 1 is 1.82 bits per heavy atom. The van der Waals surface area contributed by atoms with Crippen LogP contribution in [0.15, 0.2) is 15.9 Å². The quantitative estimate of drug-likeness (QED) is 0.778. The highest BCUT2D eigenvalue weighted by Crippen LogP contribution is 2.30. The standard InChI is InChI=1S/C8H10BrOS/c1-3-10-6(2)8-7(9)4-5-11-8/h4-6H,1,3H2,2H3/t6-/m0/s1. The van der Waals surface area contributed by atoms with Crippen molar-refractivity contribution in [2.24, 2.45) is 0 Å². The number of ether oxygens (including phenoxy) is 1. The Morgan fingerprint density at radius 2 is 2.55 bits per heavy atom. The monoisotopic (exact) mass is 233 g/mol. The van der Waals surface area contributed by atoms with Crippen molar-refractivity contribution in [2.45, 2.75) is 13.0 Å². The lowest BCUT2D eigenvalue weighted by molar-refractivity contribution is 0.0896. The number of hydrogen-bond donors (Lipinski definition) is 0. The molecule has 1 atom stereocenters. The lowest BCUT2D eigenvalue weighted by Crippen LogP contribution is -1.97. The molecule has 0 saturated heterocycles. The molecule has 0 spiro atoms. The molecule has 3 heteroatoms. The first kappa shape index (κ1) is 9.23. The number of halogens is 1. The van der Waals surface area contributed by atoms with Gasteiger partial charge < -0.3 is 4.74 Å². The molecule has 1 radical (unpaired) electrons. The molecule has 1 rings (SSSR count). The van der Waals surface area contributed by atoms with Crippen molar-refractivity contribution in [3.05, 3.63) is 27.7 Å². The van der Waals surface area contributed by atoms with E-state index in [9.17, 15) is 0 Å². The van der Waals surface area contributed by atoms with Gasteiger partial charge >= 0.3 is 0 Å². The van der Waals surface area contributed by atoms with E-state index in [1.807, 2.05) is 18.4 Å². The van der Waals surface area contributed by atoms with Crippen molar-refractivity contribution in [3.8, 4) is 0 Å². The maximum atomic E-state index is 5.34. The second-order valence-electron chi connectivity index (χ2n) is 2.15. The first-order valence-corrected chi connectivity index (χ1v) is 5.06. The van der Waals surface area contributed by atoms with Gasteiger partial charge in [0.15, 0.2) is 0 Å². The van der Waals surface area contributed by atoms with Crippen LogP contribution in [0, 0.1) is 6.92 Å². The number of thiophene rings is 1. The van der Waals surface area contributed by atoms with Crippen LogP contribution in [-0.2, 0) is 4.74 Å². The van der Waals surface area contributed by atoms with E-state index in [0.717, 1.165) is 4.47 Å². The lowest BCUT2D eigenvalue weighted by Gasteiger charge is -2.09. The summed E-state index contributed by atoms with van der Waals surface area (Å²) in [5, 5.41) is 2.04. The van der Waals surface area contributed by atoms with Gasteiger partial charge in [0.05, 0.1) is 6.10 Å². The molecule has 11 heavy (non-hydrogen) atoms. The molecule has 1 aromatic rings. The molecule has 1 aromatic heterocycles. The largest absolute Gasteiger partial charge is 0.373 e. The van der Waals surface area contributed by atoms with Crippen molar-refractivity contribution < 1.29 is 4.74 Å². The highest BCUT2D eigenvalue weighted by Gasteiger charge is 2.09. The fourth-order valence-corrected chi connectivity index (χ4v) is 2.55. The summed E-state index contributed by atoms with van der Waals surface area (Å²) < 4.78 is 6.46. The van der Waals surface area contributed by atoms with E-state index >= 15 is 0 Å². The molecule has 0 aromatic carbocycles. The SMILES string of the molecule is [CH2]CO[C@@H](C)c1sccc1Br. The summed E-state index contributed by atoms with van der Waals surface area (Å²) in [6, 6.07) is 2.03. The molecule has 61 valence electrons. The highest BCUT2D eigenvalue weighted by atomic mass is 79.9. The summed E-state index contributed by atoms with van der Waals surface area (Å²) in [6.07, 6.45) is 0.155. The van der Waals surface area contributed by atoms with Crippen LogP contribution in [0.25, 0.3) is 0 Å². The van der Waals surface area contributed by atoms with Gasteiger partial charge in [0.1, 0.15) is 0 Å². The topological polar surface area (TPSA) is 9.23 Å². The van der Waals surface area contributed by atoms with Gasteiger partial charge in [-0.05, 0) is 41.2 Å². The highest BCUT2D eigenvalue weighted by molar-refractivity contribution is 9.10. The van der Waals surface area contributed by atoms with Gasteiger partial charge in [-0.2, -0.15) is 0 Å². The van der Waals surface area contributed by atoms with Gasteiger partial charge in [-0.1, -0.05) is 0 Å². The minimum absolute atomic E-state index is 0.155. The predicted molar refractivity (Wildman–Crippen MR) is 51.7 cm³/mol. The second kappa shape index (κ2) is 4.24. The van der Waals surface area contributed by atoms with Gasteiger partial charge in [-0.15, -0.1) is 11.3 Å². The summed E-state index contributed by atoms with van der Waals surface area (Å²) in [5.74, 6) is 0. The van der Waals surface area contributed by atoms with Crippen LogP contribution in [0.4, 0.5) is 0 Å². The van der Waals surface area contributed by atoms with E-state index in [0.29, 0.717) is 6.61 Å². The van der Waals surface area contributed by atoms with E-state index in [4.69, 9.17) is 4.74 Å². The molecule has 0 amide bonds. The fraction of sp³-hybridized carbons (Fsp3) is 0.375. The Labute approximate surface area is 79.5 Å². The number of hydrogen-bond acceptors (Lipinski definition) is 2. The zero-order valence-electron chi connectivity index (χ0n) is 6.34. The zero-order valence-corrected chi connectivity index (χ0v) is 8.74. The van der Waals surface area contributed by atoms with Gasteiger partial charge in [0.2, 0.25) is 0 Å². The van der Waals surface area contributed by atoms with E-state index < -0.39 is 0 Å². The summed E-state index contributed by atoms with van der Waals surface area (Å²) in [6.45, 7) is 6.18. The Bertz CT molecular complexity index is 222. The molecular formula is C8H10BrOS. The molecule has 0 fully saturated rings. The maximum Gasteiger partial charge on any atom is 0.0900 e. The molecule has 1 heterocycles. The maximum absolute atomic E-state index is 5.34. The Hall–Kier alpha value is 0.140. The van der Waals surface area contributed by atoms with E-state index in [-0.39, 0.29) is 6.10 Å². The molecule has 0 saturated carbocycles. The first-order chi connectivity index (χ1) is 5.25. The average Bonchev–Trinajstić information content (AvgIpc) is 2.36. The molecule has 0 N–H and O–H groups in total. The summed E-state index contributed by atoms with van der Waals surface area (Å²) >= 11 is 5.14.